The summed E-state index contributed by atoms with van der Waals surface area (Å²) in [5.74, 6) is -5.66. The Kier molecular flexibility index (Phi) is 9.64. The Labute approximate surface area is 244 Å². The van der Waals surface area contributed by atoms with Crippen LogP contribution in [0.3, 0.4) is 0 Å². The van der Waals surface area contributed by atoms with E-state index in [1.165, 1.54) is 12.1 Å². The Morgan fingerprint density at radius 1 is 0.907 bits per heavy atom. The molecule has 0 aromatic heterocycles. The summed E-state index contributed by atoms with van der Waals surface area (Å²) >= 11 is 2.55. The fraction of sp³-hybridized carbons (Fsp3) is 0.348. The second-order valence-corrected chi connectivity index (χ2v) is 12.0. The Morgan fingerprint density at radius 2 is 1.49 bits per heavy atom. The van der Waals surface area contributed by atoms with E-state index < -0.39 is 73.7 Å². The first-order valence-electron chi connectivity index (χ1n) is 11.5. The van der Waals surface area contributed by atoms with Crippen LogP contribution in [-0.4, -0.2) is 74.6 Å². The highest BCUT2D eigenvalue weighted by atomic mass is 79.9. The molecule has 0 saturated carbocycles. The number of carbonyl (C=O) groups is 3. The molecule has 0 unspecified atom stereocenters. The van der Waals surface area contributed by atoms with E-state index in [2.05, 4.69) is 26.0 Å². The molecule has 1 aliphatic rings. The van der Waals surface area contributed by atoms with Gasteiger partial charge in [0, 0.05) is 34.4 Å². The molecule has 20 heteroatoms. The van der Waals surface area contributed by atoms with Gasteiger partial charge in [0.25, 0.3) is 5.91 Å². The largest absolute Gasteiger partial charge is 0.435 e. The number of anilines is 2. The molecular weight excluding hydrogens is 697 g/mol. The number of ether oxygens (including phenoxy) is 1. The summed E-state index contributed by atoms with van der Waals surface area (Å²) in [7, 11) is -3.35. The minimum Gasteiger partial charge on any atom is -0.433 e. The fourth-order valence-corrected chi connectivity index (χ4v) is 5.49. The van der Waals surface area contributed by atoms with Gasteiger partial charge in [-0.3, -0.25) is 14.4 Å². The van der Waals surface area contributed by atoms with E-state index in [1.54, 1.807) is 0 Å². The number of carbonyl (C=O) groups excluding carboxylic acids is 3. The Hall–Kier alpha value is -3.55. The van der Waals surface area contributed by atoms with E-state index in [-0.39, 0.29) is 48.0 Å². The van der Waals surface area contributed by atoms with Crippen molar-refractivity contribution in [3.8, 4) is 5.75 Å². The van der Waals surface area contributed by atoms with Crippen LogP contribution in [0.5, 0.6) is 5.75 Å². The summed E-state index contributed by atoms with van der Waals surface area (Å²) < 4.78 is 146. The van der Waals surface area contributed by atoms with E-state index >= 15 is 0 Å². The van der Waals surface area contributed by atoms with Gasteiger partial charge in [-0.15, -0.1) is 0 Å². The lowest BCUT2D eigenvalue weighted by atomic mass is 9.93. The third-order valence-electron chi connectivity index (χ3n) is 5.90. The first-order valence-corrected chi connectivity index (χ1v) is 14.1. The van der Waals surface area contributed by atoms with Crippen molar-refractivity contribution < 1.29 is 67.1 Å². The molecule has 2 aromatic carbocycles. The highest BCUT2D eigenvalue weighted by Gasteiger charge is 2.73. The predicted molar refractivity (Wildman–Crippen MR) is 134 cm³/mol. The number of alkyl halides is 9. The third-order valence-corrected chi connectivity index (χ3v) is 8.13. The van der Waals surface area contributed by atoms with Gasteiger partial charge < -0.3 is 20.3 Å². The molecule has 2 N–H and O–H groups in total. The molecule has 0 radical (unpaired) electrons. The minimum absolute atomic E-state index is 0.0248. The second kappa shape index (κ2) is 12.2. The summed E-state index contributed by atoms with van der Waals surface area (Å²) in [6.07, 6.45) is -13.1. The Bertz CT molecular complexity index is 1510. The molecule has 0 atom stereocenters. The molecule has 1 saturated heterocycles. The van der Waals surface area contributed by atoms with Gasteiger partial charge >= 0.3 is 36.4 Å². The molecule has 3 amide bonds. The molecule has 43 heavy (non-hydrogen) atoms. The monoisotopic (exact) mass is 713 g/mol. The van der Waals surface area contributed by atoms with Crippen molar-refractivity contribution in [2.75, 3.05) is 35.2 Å². The highest BCUT2D eigenvalue weighted by molar-refractivity contribution is 9.10. The van der Waals surface area contributed by atoms with Crippen LogP contribution in [0.1, 0.15) is 15.9 Å². The van der Waals surface area contributed by atoms with Gasteiger partial charge in [-0.25, -0.2) is 12.8 Å². The van der Waals surface area contributed by atoms with Crippen LogP contribution in [0.4, 0.5) is 50.9 Å². The molecule has 0 spiro atoms. The van der Waals surface area contributed by atoms with Crippen LogP contribution >= 0.6 is 15.9 Å². The maximum absolute atomic E-state index is 14.6. The van der Waals surface area contributed by atoms with Gasteiger partial charge in [0.05, 0.1) is 17.2 Å². The van der Waals surface area contributed by atoms with E-state index in [4.69, 9.17) is 0 Å². The van der Waals surface area contributed by atoms with Crippen molar-refractivity contribution in [2.24, 2.45) is 0 Å². The molecule has 0 aliphatic carbocycles. The molecular formula is C23H17BrF9N3O6S. The van der Waals surface area contributed by atoms with Crippen molar-refractivity contribution in [3.63, 3.8) is 0 Å². The summed E-state index contributed by atoms with van der Waals surface area (Å²) in [4.78, 5) is 38.5. The molecule has 236 valence electrons. The first-order chi connectivity index (χ1) is 19.7. The minimum atomic E-state index is -6.57. The molecule has 1 heterocycles. The fourth-order valence-electron chi connectivity index (χ4n) is 3.75. The zero-order chi connectivity index (χ0) is 32.5. The Balaban J connectivity index is 1.88. The lowest BCUT2D eigenvalue weighted by Gasteiger charge is -2.31. The van der Waals surface area contributed by atoms with Crippen molar-refractivity contribution in [1.82, 2.24) is 4.90 Å². The van der Waals surface area contributed by atoms with Gasteiger partial charge in [0.2, 0.25) is 0 Å². The molecule has 2 aromatic rings. The number of sulfone groups is 1. The zero-order valence-corrected chi connectivity index (χ0v) is 23.4. The lowest BCUT2D eigenvalue weighted by Crippen LogP contribution is -2.50. The smallest absolute Gasteiger partial charge is 0.433 e. The van der Waals surface area contributed by atoms with Gasteiger partial charge in [-0.2, -0.15) is 35.1 Å². The average Bonchev–Trinajstić information content (AvgIpc) is 2.88. The second-order valence-electron chi connectivity index (χ2n) is 8.80. The van der Waals surface area contributed by atoms with E-state index in [0.29, 0.717) is 0 Å². The number of nitrogens with one attached hydrogen (secondary N) is 2. The van der Waals surface area contributed by atoms with Crippen molar-refractivity contribution in [1.29, 1.82) is 0 Å². The molecule has 0 bridgehead atoms. The molecule has 1 fully saturated rings. The van der Waals surface area contributed by atoms with Crippen LogP contribution in [0.15, 0.2) is 40.9 Å². The maximum Gasteiger partial charge on any atom is 0.435 e. The van der Waals surface area contributed by atoms with Crippen LogP contribution < -0.4 is 15.4 Å². The lowest BCUT2D eigenvalue weighted by molar-refractivity contribution is -0.348. The summed E-state index contributed by atoms with van der Waals surface area (Å²) in [6.45, 7) is -4.30. The van der Waals surface area contributed by atoms with Crippen molar-refractivity contribution in [3.05, 3.63) is 52.0 Å². The summed E-state index contributed by atoms with van der Waals surface area (Å²) in [6, 6.07) is 4.15. The number of amides is 3. The normalized spacial score (nSPS) is 15.7. The Morgan fingerprint density at radius 3 is 2.02 bits per heavy atom. The van der Waals surface area contributed by atoms with Gasteiger partial charge in [0.1, 0.15) is 0 Å². The van der Waals surface area contributed by atoms with Crippen molar-refractivity contribution in [2.45, 2.75) is 24.6 Å². The predicted octanol–water partition coefficient (Wildman–Crippen LogP) is 4.79. The molecule has 9 nitrogen and oxygen atoms in total. The van der Waals surface area contributed by atoms with Gasteiger partial charge in [-0.1, -0.05) is 6.07 Å². The van der Waals surface area contributed by atoms with Crippen LogP contribution in [0, 0.1) is 0 Å². The molecule has 3 rings (SSSR count). The SMILES string of the molecule is O=C(Nc1cccc(C(=O)Nc2c(Br)cc(C(F)(C(F)(F)F)C(F)(F)F)cc2OC(F)F)c1)C(=O)N1CCS(=O)(=O)CC1. The number of nitrogens with zero attached hydrogens (tertiary/aromatic N) is 1. The van der Waals surface area contributed by atoms with Crippen LogP contribution in [0.25, 0.3) is 0 Å². The van der Waals surface area contributed by atoms with E-state index in [1.807, 2.05) is 5.32 Å². The first kappa shape index (κ1) is 33.9. The number of halogens is 10. The van der Waals surface area contributed by atoms with Gasteiger partial charge in [-0.05, 0) is 46.3 Å². The highest BCUT2D eigenvalue weighted by Crippen LogP contribution is 2.55. The van der Waals surface area contributed by atoms with Crippen LogP contribution in [-0.2, 0) is 25.1 Å². The number of rotatable bonds is 6. The number of hydrogen-bond donors (Lipinski definition) is 2. The van der Waals surface area contributed by atoms with E-state index in [0.717, 1.165) is 17.0 Å². The van der Waals surface area contributed by atoms with Crippen molar-refractivity contribution >= 4 is 54.9 Å². The summed E-state index contributed by atoms with van der Waals surface area (Å²) in [5, 5.41) is 4.12. The quantitative estimate of drug-likeness (QED) is 0.328. The number of hydrogen-bond acceptors (Lipinski definition) is 6. The third kappa shape index (κ3) is 7.51. The van der Waals surface area contributed by atoms with Crippen LogP contribution in [0.2, 0.25) is 0 Å². The standard InChI is InChI=1S/C23H17BrF9N3O6S/c24-14-9-12(21(27,22(28,29)30)23(31,32)33)10-15(42-20(25)26)16(14)35-17(37)11-2-1-3-13(8-11)34-18(38)19(39)36-4-6-43(40,41)7-5-36/h1-3,8-10,20H,4-7H2,(H,34,38)(H,35,37). The topological polar surface area (TPSA) is 122 Å². The van der Waals surface area contributed by atoms with E-state index in [9.17, 15) is 62.3 Å². The average molecular weight is 714 g/mol. The molecule has 1 aliphatic heterocycles. The van der Waals surface area contributed by atoms with Gasteiger partial charge in [0.15, 0.2) is 15.6 Å². The maximum atomic E-state index is 14.6. The number of benzene rings is 2. The zero-order valence-electron chi connectivity index (χ0n) is 21.0. The summed E-state index contributed by atoms with van der Waals surface area (Å²) in [5.41, 5.74) is -9.60.